The molecule has 0 amide bonds. The van der Waals surface area contributed by atoms with E-state index in [-0.39, 0.29) is 18.7 Å². The fourth-order valence-electron chi connectivity index (χ4n) is 4.31. The summed E-state index contributed by atoms with van der Waals surface area (Å²) in [6.07, 6.45) is 3.09. The van der Waals surface area contributed by atoms with Gasteiger partial charge in [0.1, 0.15) is 47.0 Å². The van der Waals surface area contributed by atoms with Crippen LogP contribution in [0.5, 0.6) is 5.75 Å². The highest BCUT2D eigenvalue weighted by atomic mass is 35.5. The van der Waals surface area contributed by atoms with E-state index in [0.29, 0.717) is 44.6 Å². The van der Waals surface area contributed by atoms with Crippen molar-refractivity contribution in [3.05, 3.63) is 104 Å². The second-order valence-corrected chi connectivity index (χ2v) is 9.03. The lowest BCUT2D eigenvalue weighted by Gasteiger charge is -2.16. The van der Waals surface area contributed by atoms with Crippen LogP contribution in [-0.4, -0.2) is 24.5 Å². The standard InChI is InChI=1S/C28H20ClN7O2/c1-16-9-20(26-23(12-31)32-15-33-26)19-6-3-7-25(27(19)35-16)38-14-21-22(29)10-17(2)34-24(21)13-36-8-4-5-18(11-30)28(36)37/h3-10,15H,13-14H2,1-2H3,(H,32,33). The molecular formula is C28H20ClN7O2. The van der Waals surface area contributed by atoms with Gasteiger partial charge in [-0.05, 0) is 44.2 Å². The molecule has 0 aliphatic carbocycles. The van der Waals surface area contributed by atoms with Crippen molar-refractivity contribution < 1.29 is 4.74 Å². The lowest BCUT2D eigenvalue weighted by molar-refractivity contribution is 0.307. The van der Waals surface area contributed by atoms with Crippen LogP contribution in [0.3, 0.4) is 0 Å². The highest BCUT2D eigenvalue weighted by molar-refractivity contribution is 6.31. The second-order valence-electron chi connectivity index (χ2n) is 8.63. The van der Waals surface area contributed by atoms with Crippen LogP contribution in [-0.2, 0) is 13.2 Å². The minimum Gasteiger partial charge on any atom is -0.486 e. The number of rotatable bonds is 6. The Morgan fingerprint density at radius 2 is 1.89 bits per heavy atom. The van der Waals surface area contributed by atoms with Crippen molar-refractivity contribution in [1.82, 2.24) is 24.5 Å². The third-order valence-electron chi connectivity index (χ3n) is 6.05. The van der Waals surface area contributed by atoms with Crippen LogP contribution in [0.2, 0.25) is 5.02 Å². The summed E-state index contributed by atoms with van der Waals surface area (Å²) in [4.78, 5) is 29.2. The first-order valence-electron chi connectivity index (χ1n) is 11.6. The van der Waals surface area contributed by atoms with Crippen molar-refractivity contribution in [1.29, 1.82) is 10.5 Å². The van der Waals surface area contributed by atoms with E-state index < -0.39 is 5.56 Å². The number of pyridine rings is 3. The normalized spacial score (nSPS) is 10.8. The number of fused-ring (bicyclic) bond motifs is 1. The van der Waals surface area contributed by atoms with E-state index in [9.17, 15) is 15.3 Å². The molecule has 0 atom stereocenters. The van der Waals surface area contributed by atoms with E-state index in [1.807, 2.05) is 44.2 Å². The summed E-state index contributed by atoms with van der Waals surface area (Å²) in [5.74, 6) is 0.521. The number of ether oxygens (including phenoxy) is 1. The summed E-state index contributed by atoms with van der Waals surface area (Å²) < 4.78 is 7.67. The predicted molar refractivity (Wildman–Crippen MR) is 142 cm³/mol. The number of H-pyrrole nitrogens is 1. The average Bonchev–Trinajstić information content (AvgIpc) is 3.38. The molecule has 0 radical (unpaired) electrons. The number of aryl methyl sites for hydroxylation is 2. The molecule has 0 fully saturated rings. The van der Waals surface area contributed by atoms with Crippen molar-refractivity contribution >= 4 is 22.5 Å². The molecule has 186 valence electrons. The molecule has 5 aromatic rings. The number of nitriles is 2. The fraction of sp³-hybridized carbons (Fsp3) is 0.143. The number of halogens is 1. The summed E-state index contributed by atoms with van der Waals surface area (Å²) in [5, 5.41) is 19.9. The van der Waals surface area contributed by atoms with Crippen LogP contribution in [0.4, 0.5) is 0 Å². The van der Waals surface area contributed by atoms with Gasteiger partial charge in [-0.1, -0.05) is 23.7 Å². The largest absolute Gasteiger partial charge is 0.486 e. The van der Waals surface area contributed by atoms with Gasteiger partial charge in [-0.15, -0.1) is 0 Å². The minimum atomic E-state index is -0.405. The van der Waals surface area contributed by atoms with E-state index in [1.165, 1.54) is 17.0 Å². The maximum absolute atomic E-state index is 12.6. The zero-order valence-electron chi connectivity index (χ0n) is 20.5. The number of hydrogen-bond acceptors (Lipinski definition) is 7. The molecule has 4 heterocycles. The fourth-order valence-corrected chi connectivity index (χ4v) is 4.63. The van der Waals surface area contributed by atoms with Gasteiger partial charge in [-0.25, -0.2) is 9.97 Å². The molecule has 0 saturated heterocycles. The van der Waals surface area contributed by atoms with Crippen molar-refractivity contribution in [3.8, 4) is 29.1 Å². The topological polar surface area (TPSA) is 133 Å². The van der Waals surface area contributed by atoms with E-state index >= 15 is 0 Å². The van der Waals surface area contributed by atoms with Crippen molar-refractivity contribution in [2.45, 2.75) is 27.0 Å². The number of imidazole rings is 1. The molecule has 0 saturated carbocycles. The van der Waals surface area contributed by atoms with Crippen molar-refractivity contribution in [3.63, 3.8) is 0 Å². The molecule has 0 bridgehead atoms. The number of para-hydroxylation sites is 1. The van der Waals surface area contributed by atoms with Gasteiger partial charge in [0, 0.05) is 34.1 Å². The summed E-state index contributed by atoms with van der Waals surface area (Å²) in [7, 11) is 0. The average molecular weight is 522 g/mol. The summed E-state index contributed by atoms with van der Waals surface area (Å²) in [5.41, 5.74) is 4.54. The molecule has 10 heteroatoms. The third-order valence-corrected chi connectivity index (χ3v) is 6.39. The van der Waals surface area contributed by atoms with Gasteiger partial charge in [0.05, 0.1) is 23.6 Å². The molecule has 0 unspecified atom stereocenters. The monoisotopic (exact) mass is 521 g/mol. The second kappa shape index (κ2) is 10.2. The van der Waals surface area contributed by atoms with Gasteiger partial charge in [0.2, 0.25) is 0 Å². The Morgan fingerprint density at radius 1 is 1.08 bits per heavy atom. The molecular weight excluding hydrogens is 502 g/mol. The van der Waals surface area contributed by atoms with E-state index in [4.69, 9.17) is 21.3 Å². The maximum Gasteiger partial charge on any atom is 0.268 e. The van der Waals surface area contributed by atoms with Gasteiger partial charge < -0.3 is 14.3 Å². The first-order chi connectivity index (χ1) is 18.4. The van der Waals surface area contributed by atoms with Crippen LogP contribution in [0.25, 0.3) is 22.2 Å². The number of aromatic amines is 1. The number of benzene rings is 1. The molecule has 0 aliphatic rings. The molecule has 0 aliphatic heterocycles. The Morgan fingerprint density at radius 3 is 2.68 bits per heavy atom. The molecule has 4 aromatic heterocycles. The van der Waals surface area contributed by atoms with Crippen LogP contribution >= 0.6 is 11.6 Å². The van der Waals surface area contributed by atoms with Crippen LogP contribution in [0.1, 0.15) is 33.9 Å². The van der Waals surface area contributed by atoms with Crippen LogP contribution in [0.15, 0.2) is 59.8 Å². The Bertz CT molecular complexity index is 1840. The maximum atomic E-state index is 12.6. The first-order valence-corrected chi connectivity index (χ1v) is 12.0. The smallest absolute Gasteiger partial charge is 0.268 e. The summed E-state index contributed by atoms with van der Waals surface area (Å²) in [6.45, 7) is 3.88. The summed E-state index contributed by atoms with van der Waals surface area (Å²) in [6, 6.07) is 16.4. The van der Waals surface area contributed by atoms with E-state index in [1.54, 1.807) is 18.3 Å². The zero-order chi connectivity index (χ0) is 26.8. The van der Waals surface area contributed by atoms with Gasteiger partial charge >= 0.3 is 0 Å². The van der Waals surface area contributed by atoms with Gasteiger partial charge in [-0.2, -0.15) is 10.5 Å². The van der Waals surface area contributed by atoms with E-state index in [0.717, 1.165) is 16.6 Å². The SMILES string of the molecule is Cc1cc(Cl)c(COc2cccc3c(-c4nc[nH]c4C#N)cc(C)nc23)c(Cn2cccc(C#N)c2=O)n1. The Balaban J connectivity index is 1.54. The van der Waals surface area contributed by atoms with Gasteiger partial charge in [0.25, 0.3) is 5.56 Å². The third kappa shape index (κ3) is 4.59. The van der Waals surface area contributed by atoms with Crippen LogP contribution < -0.4 is 10.3 Å². The highest BCUT2D eigenvalue weighted by Crippen LogP contribution is 2.34. The van der Waals surface area contributed by atoms with Gasteiger partial charge in [0.15, 0.2) is 0 Å². The molecule has 9 nitrogen and oxygen atoms in total. The predicted octanol–water partition coefficient (Wildman–Crippen LogP) is 4.82. The molecule has 38 heavy (non-hydrogen) atoms. The number of nitrogens with one attached hydrogen (secondary N) is 1. The Kier molecular flexibility index (Phi) is 6.61. The number of nitrogens with zero attached hydrogens (tertiary/aromatic N) is 6. The van der Waals surface area contributed by atoms with Crippen molar-refractivity contribution in [2.24, 2.45) is 0 Å². The van der Waals surface area contributed by atoms with Crippen molar-refractivity contribution in [2.75, 3.05) is 0 Å². The number of hydrogen-bond donors (Lipinski definition) is 1. The molecule has 1 N–H and O–H groups in total. The molecule has 1 aromatic carbocycles. The lowest BCUT2D eigenvalue weighted by atomic mass is 10.0. The van der Waals surface area contributed by atoms with E-state index in [2.05, 4.69) is 21.0 Å². The molecule has 5 rings (SSSR count). The zero-order valence-corrected chi connectivity index (χ0v) is 21.2. The Labute approximate surface area is 222 Å². The van der Waals surface area contributed by atoms with Crippen LogP contribution in [0, 0.1) is 36.5 Å². The quantitative estimate of drug-likeness (QED) is 0.338. The molecule has 0 spiro atoms. The van der Waals surface area contributed by atoms with Gasteiger partial charge in [-0.3, -0.25) is 9.78 Å². The first kappa shape index (κ1) is 24.7. The minimum absolute atomic E-state index is 0.0496. The summed E-state index contributed by atoms with van der Waals surface area (Å²) >= 11 is 6.62. The lowest BCUT2D eigenvalue weighted by Crippen LogP contribution is -2.23. The highest BCUT2D eigenvalue weighted by Gasteiger charge is 2.17. The Hall–Kier alpha value is -4.99. The number of aromatic nitrogens is 5.